The van der Waals surface area contributed by atoms with Crippen molar-refractivity contribution >= 4 is 58.0 Å². The summed E-state index contributed by atoms with van der Waals surface area (Å²) in [7, 11) is 0. The number of anilines is 1. The first-order chi connectivity index (χ1) is 20.2. The highest BCUT2D eigenvalue weighted by Crippen LogP contribution is 2.59. The number of carbonyl (C=O) groups excluding carboxylic acids is 1. The Labute approximate surface area is 260 Å². The SMILES string of the molecule is N=C(/C=C\NC1=CCC2C(=O)NSc3ccc(nc3)NCCNC3CC(CI)N(C3)C2=N1)OCCC1(C(F)(F)F)CC1. The van der Waals surface area contributed by atoms with Gasteiger partial charge in [-0.25, -0.2) is 9.98 Å². The maximum Gasteiger partial charge on any atom is 0.394 e. The van der Waals surface area contributed by atoms with Gasteiger partial charge in [0.05, 0.1) is 12.0 Å². The normalized spacial score (nSPS) is 25.7. The molecule has 1 aromatic rings. The lowest BCUT2D eigenvalue weighted by Crippen LogP contribution is -2.47. The van der Waals surface area contributed by atoms with Crippen LogP contribution in [0.4, 0.5) is 19.0 Å². The van der Waals surface area contributed by atoms with E-state index >= 15 is 0 Å². The van der Waals surface area contributed by atoms with E-state index in [9.17, 15) is 18.0 Å². The molecule has 228 valence electrons. The van der Waals surface area contributed by atoms with E-state index in [2.05, 4.69) is 53.1 Å². The number of aromatic nitrogens is 1. The first-order valence-electron chi connectivity index (χ1n) is 13.9. The Morgan fingerprint density at radius 3 is 2.88 bits per heavy atom. The summed E-state index contributed by atoms with van der Waals surface area (Å²) in [4.78, 5) is 25.7. The molecule has 5 heterocycles. The second-order valence-electron chi connectivity index (χ2n) is 10.8. The maximum absolute atomic E-state index is 13.4. The van der Waals surface area contributed by atoms with E-state index in [0.29, 0.717) is 18.1 Å². The summed E-state index contributed by atoms with van der Waals surface area (Å²) in [6, 6.07) is 4.25. The lowest BCUT2D eigenvalue weighted by molar-refractivity contribution is -0.190. The summed E-state index contributed by atoms with van der Waals surface area (Å²) in [6.07, 6.45) is 3.58. The van der Waals surface area contributed by atoms with Crippen molar-refractivity contribution in [2.75, 3.05) is 36.0 Å². The van der Waals surface area contributed by atoms with Gasteiger partial charge < -0.3 is 25.6 Å². The van der Waals surface area contributed by atoms with E-state index < -0.39 is 17.5 Å². The van der Waals surface area contributed by atoms with E-state index in [4.69, 9.17) is 15.1 Å². The van der Waals surface area contributed by atoms with Gasteiger partial charge in [0.25, 0.3) is 0 Å². The van der Waals surface area contributed by atoms with Crippen LogP contribution in [-0.2, 0) is 9.53 Å². The number of rotatable bonds is 7. The molecule has 15 heteroatoms. The summed E-state index contributed by atoms with van der Waals surface area (Å²) in [5, 5.41) is 17.9. The fourth-order valence-electron chi connectivity index (χ4n) is 5.28. The molecular weight excluding hydrogens is 684 g/mol. The molecule has 4 bridgehead atoms. The highest BCUT2D eigenvalue weighted by Gasteiger charge is 2.62. The molecule has 1 amide bonds. The number of fused-ring (bicyclic) bond motifs is 7. The summed E-state index contributed by atoms with van der Waals surface area (Å²) < 4.78 is 48.4. The third-order valence-electron chi connectivity index (χ3n) is 7.93. The van der Waals surface area contributed by atoms with Crippen molar-refractivity contribution in [2.45, 2.75) is 55.3 Å². The van der Waals surface area contributed by atoms with Crippen molar-refractivity contribution in [3.63, 3.8) is 0 Å². The number of alkyl halides is 4. The van der Waals surface area contributed by atoms with Crippen molar-refractivity contribution < 1.29 is 22.7 Å². The van der Waals surface area contributed by atoms with Gasteiger partial charge in [-0.3, -0.25) is 14.9 Å². The molecule has 2 fully saturated rings. The van der Waals surface area contributed by atoms with Crippen molar-refractivity contribution in [2.24, 2.45) is 16.3 Å². The zero-order valence-corrected chi connectivity index (χ0v) is 25.8. The number of allylic oxidation sites excluding steroid dienone is 1. The molecule has 10 nitrogen and oxygen atoms in total. The standard InChI is InChI=1S/C27H34F3IN8O2S/c28-27(29,30)26(6-7-26)8-12-41-21(32)5-9-34-23-4-2-20-24(37-23)39-16-17(13-18(39)14-31)33-10-11-35-22-3-1-19(15-36-22)42-38-25(20)40/h1,3-5,9,15,17-18,20,32-34H,2,6-8,10-14,16H2,(H,35,36)(H,38,40)/b9-5-,32-21?. The Hall–Kier alpha value is -2.53. The van der Waals surface area contributed by atoms with Gasteiger partial charge in [-0.05, 0) is 62.3 Å². The number of nitrogens with one attached hydrogen (secondary N) is 5. The molecule has 5 N–H and O–H groups in total. The van der Waals surface area contributed by atoms with E-state index in [1.165, 1.54) is 24.2 Å². The maximum atomic E-state index is 13.4. The van der Waals surface area contributed by atoms with Crippen molar-refractivity contribution in [1.82, 2.24) is 25.2 Å². The van der Waals surface area contributed by atoms with Gasteiger partial charge in [0.2, 0.25) is 11.8 Å². The highest BCUT2D eigenvalue weighted by atomic mass is 127. The van der Waals surface area contributed by atoms with Gasteiger partial charge in [0.1, 0.15) is 23.4 Å². The number of amidine groups is 1. The molecule has 0 spiro atoms. The van der Waals surface area contributed by atoms with Crippen LogP contribution in [0.25, 0.3) is 0 Å². The number of carbonyl (C=O) groups is 1. The average Bonchev–Trinajstić information content (AvgIpc) is 3.66. The van der Waals surface area contributed by atoms with E-state index in [-0.39, 0.29) is 49.8 Å². The Kier molecular flexibility index (Phi) is 9.87. The van der Waals surface area contributed by atoms with Crippen LogP contribution in [0, 0.1) is 16.7 Å². The minimum absolute atomic E-state index is 0.116. The molecule has 1 saturated carbocycles. The number of pyridine rings is 1. The minimum atomic E-state index is -4.23. The number of hydrogen-bond donors (Lipinski definition) is 5. The molecule has 3 atom stereocenters. The fraction of sp³-hybridized carbons (Fsp3) is 0.556. The molecule has 5 aliphatic rings. The zero-order valence-electron chi connectivity index (χ0n) is 22.8. The molecule has 4 aliphatic heterocycles. The Morgan fingerprint density at radius 1 is 1.33 bits per heavy atom. The van der Waals surface area contributed by atoms with Gasteiger partial charge in [-0.2, -0.15) is 13.2 Å². The molecule has 1 aliphatic carbocycles. The molecule has 1 aromatic heterocycles. The molecule has 6 rings (SSSR count). The van der Waals surface area contributed by atoms with Crippen LogP contribution in [0.3, 0.4) is 0 Å². The van der Waals surface area contributed by atoms with Crippen LogP contribution in [0.2, 0.25) is 0 Å². The Balaban J connectivity index is 1.25. The third kappa shape index (κ3) is 7.51. The first-order valence-corrected chi connectivity index (χ1v) is 16.2. The van der Waals surface area contributed by atoms with E-state index in [1.54, 1.807) is 6.20 Å². The summed E-state index contributed by atoms with van der Waals surface area (Å²) in [5.74, 6) is 1.13. The summed E-state index contributed by atoms with van der Waals surface area (Å²) >= 11 is 3.60. The summed E-state index contributed by atoms with van der Waals surface area (Å²) in [5.41, 5.74) is -1.65. The van der Waals surface area contributed by atoms with Crippen LogP contribution in [0.1, 0.15) is 32.1 Å². The predicted octanol–water partition coefficient (Wildman–Crippen LogP) is 4.19. The first kappa shape index (κ1) is 30.9. The number of amides is 1. The third-order valence-corrected chi connectivity index (χ3v) is 9.72. The largest absolute Gasteiger partial charge is 0.478 e. The monoisotopic (exact) mass is 718 g/mol. The Morgan fingerprint density at radius 2 is 2.17 bits per heavy atom. The van der Waals surface area contributed by atoms with Crippen molar-refractivity contribution in [1.29, 1.82) is 5.41 Å². The van der Waals surface area contributed by atoms with Crippen molar-refractivity contribution in [3.8, 4) is 0 Å². The predicted molar refractivity (Wildman–Crippen MR) is 164 cm³/mol. The van der Waals surface area contributed by atoms with Gasteiger partial charge in [-0.1, -0.05) is 22.6 Å². The smallest absolute Gasteiger partial charge is 0.394 e. The minimum Gasteiger partial charge on any atom is -0.478 e. The molecule has 0 radical (unpaired) electrons. The zero-order chi connectivity index (χ0) is 29.7. The van der Waals surface area contributed by atoms with Crippen LogP contribution in [-0.4, -0.2) is 76.5 Å². The van der Waals surface area contributed by atoms with Gasteiger partial charge >= 0.3 is 6.18 Å². The molecule has 0 aromatic carbocycles. The lowest BCUT2D eigenvalue weighted by atomic mass is 9.99. The number of ether oxygens (including phenoxy) is 1. The fourth-order valence-corrected chi connectivity index (χ4v) is 6.72. The molecule has 3 unspecified atom stereocenters. The van der Waals surface area contributed by atoms with Crippen molar-refractivity contribution in [3.05, 3.63) is 42.5 Å². The van der Waals surface area contributed by atoms with E-state index in [1.807, 2.05) is 18.2 Å². The summed E-state index contributed by atoms with van der Waals surface area (Å²) in [6.45, 7) is 2.05. The van der Waals surface area contributed by atoms with E-state index in [0.717, 1.165) is 41.2 Å². The number of halogens is 4. The number of nitrogens with zero attached hydrogens (tertiary/aromatic N) is 3. The Bertz CT molecular complexity index is 1240. The second kappa shape index (κ2) is 13.4. The van der Waals surface area contributed by atoms with Crippen LogP contribution in [0.5, 0.6) is 0 Å². The second-order valence-corrected chi connectivity index (χ2v) is 12.5. The number of aliphatic imine (C=N–C) groups is 1. The topological polar surface area (TPSA) is 127 Å². The highest BCUT2D eigenvalue weighted by molar-refractivity contribution is 14.1. The van der Waals surface area contributed by atoms with Gasteiger partial charge in [0, 0.05) is 59.5 Å². The van der Waals surface area contributed by atoms with Crippen LogP contribution in [0.15, 0.2) is 52.4 Å². The van der Waals surface area contributed by atoms with Crippen LogP contribution >= 0.6 is 34.5 Å². The average molecular weight is 719 g/mol. The molecule has 42 heavy (non-hydrogen) atoms. The van der Waals surface area contributed by atoms with Crippen LogP contribution < -0.4 is 20.7 Å². The quantitative estimate of drug-likeness (QED) is 0.0936. The van der Waals surface area contributed by atoms with Gasteiger partial charge in [0.15, 0.2) is 0 Å². The number of hydrogen-bond acceptors (Lipinski definition) is 10. The lowest BCUT2D eigenvalue weighted by Gasteiger charge is -2.33. The van der Waals surface area contributed by atoms with Gasteiger partial charge in [-0.15, -0.1) is 0 Å². The molecule has 1 saturated heterocycles. The molecular formula is C27H34F3IN8O2S.